The van der Waals surface area contributed by atoms with Crippen molar-refractivity contribution in [1.29, 1.82) is 5.26 Å². The van der Waals surface area contributed by atoms with Gasteiger partial charge in [-0.05, 0) is 26.0 Å². The van der Waals surface area contributed by atoms with Crippen LogP contribution in [0, 0.1) is 17.5 Å². The van der Waals surface area contributed by atoms with Gasteiger partial charge in [0.15, 0.2) is 0 Å². The molecule has 3 heteroatoms. The first-order valence-electron chi connectivity index (χ1n) is 3.68. The van der Waals surface area contributed by atoms with Crippen molar-refractivity contribution in [2.24, 2.45) is 0 Å². The summed E-state index contributed by atoms with van der Waals surface area (Å²) in [6.45, 7) is 3.77. The van der Waals surface area contributed by atoms with E-state index in [1.165, 1.54) is 0 Å². The van der Waals surface area contributed by atoms with E-state index in [2.05, 4.69) is 11.2 Å². The lowest BCUT2D eigenvalue weighted by Crippen LogP contribution is -2.07. The molecule has 1 aromatic heterocycles. The lowest BCUT2D eigenvalue weighted by molar-refractivity contribution is 0.232. The minimum Gasteiger partial charge on any atom is -0.474 e. The second kappa shape index (κ2) is 3.72. The number of rotatable bonds is 2. The summed E-state index contributed by atoms with van der Waals surface area (Å²) in [7, 11) is 0. The third-order valence-electron chi connectivity index (χ3n) is 1.19. The molecule has 0 bridgehead atoms. The third-order valence-corrected chi connectivity index (χ3v) is 1.19. The molecule has 1 aromatic rings. The van der Waals surface area contributed by atoms with Gasteiger partial charge in [-0.25, -0.2) is 4.98 Å². The number of nitriles is 1. The molecule has 0 amide bonds. The Balaban J connectivity index is 2.91. The maximum Gasteiger partial charge on any atom is 0.232 e. The fourth-order valence-corrected chi connectivity index (χ4v) is 0.746. The molecule has 0 aliphatic heterocycles. The number of aromatic nitrogens is 1. The molecule has 0 aromatic carbocycles. The van der Waals surface area contributed by atoms with Crippen LogP contribution in [-0.2, 0) is 0 Å². The molecule has 12 heavy (non-hydrogen) atoms. The van der Waals surface area contributed by atoms with Crippen molar-refractivity contribution in [3.63, 3.8) is 0 Å². The molecule has 0 fully saturated rings. The average Bonchev–Trinajstić information content (AvgIpc) is 2.04. The second-order valence-electron chi connectivity index (χ2n) is 2.57. The van der Waals surface area contributed by atoms with E-state index >= 15 is 0 Å². The number of nitrogens with zero attached hydrogens (tertiary/aromatic N) is 2. The smallest absolute Gasteiger partial charge is 0.232 e. The van der Waals surface area contributed by atoms with E-state index in [9.17, 15) is 0 Å². The molecule has 61 valence electrons. The lowest BCUT2D eigenvalue weighted by atomic mass is 10.3. The van der Waals surface area contributed by atoms with Gasteiger partial charge in [-0.15, -0.1) is 0 Å². The zero-order chi connectivity index (χ0) is 8.97. The predicted molar refractivity (Wildman–Crippen MR) is 43.6 cm³/mol. The van der Waals surface area contributed by atoms with Gasteiger partial charge in [-0.3, -0.25) is 0 Å². The average molecular weight is 161 g/mol. The Kier molecular flexibility index (Phi) is 2.65. The molecule has 0 saturated carbocycles. The van der Waals surface area contributed by atoms with Crippen molar-refractivity contribution in [3.05, 3.63) is 23.9 Å². The van der Waals surface area contributed by atoms with Crippen LogP contribution < -0.4 is 4.74 Å². The van der Waals surface area contributed by atoms with Crippen molar-refractivity contribution in [2.75, 3.05) is 0 Å². The van der Waals surface area contributed by atoms with Crippen LogP contribution in [-0.4, -0.2) is 11.1 Å². The largest absolute Gasteiger partial charge is 0.474 e. The minimum absolute atomic E-state index is 0.0281. The molecular formula is C9H9N2O. The molecule has 0 aliphatic rings. The first kappa shape index (κ1) is 8.54. The third kappa shape index (κ3) is 1.96. The summed E-state index contributed by atoms with van der Waals surface area (Å²) >= 11 is 0. The highest BCUT2D eigenvalue weighted by molar-refractivity contribution is 5.36. The standard InChI is InChI=1S/C9H9N2O/c1-7(2)12-9-8(6-10)4-3-5-11-9/h3-4,7H,1-2H3. The van der Waals surface area contributed by atoms with Crippen molar-refractivity contribution >= 4 is 0 Å². The Bertz CT molecular complexity index is 302. The molecular weight excluding hydrogens is 152 g/mol. The van der Waals surface area contributed by atoms with Gasteiger partial charge in [0.25, 0.3) is 0 Å². The Morgan fingerprint density at radius 1 is 1.67 bits per heavy atom. The van der Waals surface area contributed by atoms with Gasteiger partial charge in [-0.1, -0.05) is 0 Å². The van der Waals surface area contributed by atoms with Crippen LogP contribution in [0.4, 0.5) is 0 Å². The Hall–Kier alpha value is -1.56. The topological polar surface area (TPSA) is 45.9 Å². The van der Waals surface area contributed by atoms with Gasteiger partial charge in [0.05, 0.1) is 12.3 Å². The molecule has 0 spiro atoms. The molecule has 0 unspecified atom stereocenters. The highest BCUT2D eigenvalue weighted by atomic mass is 16.5. The first-order valence-corrected chi connectivity index (χ1v) is 3.68. The van der Waals surface area contributed by atoms with Crippen LogP contribution in [0.3, 0.4) is 0 Å². The normalized spacial score (nSPS) is 9.50. The molecule has 1 heterocycles. The maximum absolute atomic E-state index is 8.65. The maximum atomic E-state index is 8.65. The number of hydrogen-bond acceptors (Lipinski definition) is 3. The summed E-state index contributed by atoms with van der Waals surface area (Å²) in [6, 6.07) is 5.21. The van der Waals surface area contributed by atoms with Crippen molar-refractivity contribution in [2.45, 2.75) is 20.0 Å². The summed E-state index contributed by atoms with van der Waals surface area (Å²) in [4.78, 5) is 3.82. The molecule has 1 radical (unpaired) electrons. The fourth-order valence-electron chi connectivity index (χ4n) is 0.746. The van der Waals surface area contributed by atoms with Gasteiger partial charge in [0, 0.05) is 0 Å². The SMILES string of the molecule is CC(C)Oc1n[c]ccc1C#N. The summed E-state index contributed by atoms with van der Waals surface area (Å²) in [5.74, 6) is 0.356. The van der Waals surface area contributed by atoms with Crippen molar-refractivity contribution in [1.82, 2.24) is 4.98 Å². The first-order chi connectivity index (χ1) is 5.74. The zero-order valence-corrected chi connectivity index (χ0v) is 7.03. The Labute approximate surface area is 71.6 Å². The number of pyridine rings is 1. The van der Waals surface area contributed by atoms with E-state index in [-0.39, 0.29) is 6.10 Å². The highest BCUT2D eigenvalue weighted by Gasteiger charge is 2.04. The van der Waals surface area contributed by atoms with Crippen LogP contribution >= 0.6 is 0 Å². The summed E-state index contributed by atoms with van der Waals surface area (Å²) in [5, 5.41) is 8.65. The predicted octanol–water partition coefficient (Wildman–Crippen LogP) is 1.54. The summed E-state index contributed by atoms with van der Waals surface area (Å²) in [6.07, 6.45) is 2.64. The van der Waals surface area contributed by atoms with Crippen LogP contribution in [0.5, 0.6) is 5.88 Å². The summed E-state index contributed by atoms with van der Waals surface area (Å²) in [5.41, 5.74) is 0.447. The van der Waals surface area contributed by atoms with Gasteiger partial charge in [0.1, 0.15) is 11.6 Å². The van der Waals surface area contributed by atoms with E-state index in [1.54, 1.807) is 12.1 Å². The zero-order valence-electron chi connectivity index (χ0n) is 7.03. The minimum atomic E-state index is 0.0281. The van der Waals surface area contributed by atoms with Crippen LogP contribution in [0.1, 0.15) is 19.4 Å². The van der Waals surface area contributed by atoms with Crippen LogP contribution in [0.15, 0.2) is 12.1 Å². The lowest BCUT2D eigenvalue weighted by Gasteiger charge is -2.08. The van der Waals surface area contributed by atoms with Crippen molar-refractivity contribution in [3.8, 4) is 11.9 Å². The van der Waals surface area contributed by atoms with Gasteiger partial charge >= 0.3 is 0 Å². The molecule has 0 aliphatic carbocycles. The second-order valence-corrected chi connectivity index (χ2v) is 2.57. The molecule has 3 nitrogen and oxygen atoms in total. The monoisotopic (exact) mass is 161 g/mol. The molecule has 1 rings (SSSR count). The van der Waals surface area contributed by atoms with E-state index in [1.807, 2.05) is 19.9 Å². The quantitative estimate of drug-likeness (QED) is 0.660. The number of ether oxygens (including phenoxy) is 1. The highest BCUT2D eigenvalue weighted by Crippen LogP contribution is 2.13. The molecule has 0 atom stereocenters. The van der Waals surface area contributed by atoms with Gasteiger partial charge in [0.2, 0.25) is 5.88 Å². The Morgan fingerprint density at radius 2 is 2.42 bits per heavy atom. The van der Waals surface area contributed by atoms with Crippen molar-refractivity contribution < 1.29 is 4.74 Å². The van der Waals surface area contributed by atoms with Crippen LogP contribution in [0.2, 0.25) is 0 Å². The fraction of sp³-hybridized carbons (Fsp3) is 0.333. The van der Waals surface area contributed by atoms with E-state index in [0.717, 1.165) is 0 Å². The van der Waals surface area contributed by atoms with Gasteiger partial charge in [-0.2, -0.15) is 5.26 Å². The Morgan fingerprint density at radius 3 is 3.00 bits per heavy atom. The van der Waals surface area contributed by atoms with E-state index < -0.39 is 0 Å². The van der Waals surface area contributed by atoms with E-state index in [4.69, 9.17) is 10.00 Å². The van der Waals surface area contributed by atoms with Gasteiger partial charge < -0.3 is 4.74 Å². The van der Waals surface area contributed by atoms with E-state index in [0.29, 0.717) is 11.4 Å². The molecule has 0 N–H and O–H groups in total. The van der Waals surface area contributed by atoms with Crippen LogP contribution in [0.25, 0.3) is 0 Å². The number of hydrogen-bond donors (Lipinski definition) is 0. The molecule has 0 saturated heterocycles. The summed E-state index contributed by atoms with van der Waals surface area (Å²) < 4.78 is 5.27.